The van der Waals surface area contributed by atoms with Gasteiger partial charge in [0.1, 0.15) is 17.2 Å². The second-order valence-electron chi connectivity index (χ2n) is 9.34. The van der Waals surface area contributed by atoms with Crippen LogP contribution in [0.2, 0.25) is 0 Å². The molecule has 0 fully saturated rings. The summed E-state index contributed by atoms with van der Waals surface area (Å²) in [7, 11) is 1.56. The summed E-state index contributed by atoms with van der Waals surface area (Å²) in [5, 5.41) is 8.13. The van der Waals surface area contributed by atoms with Gasteiger partial charge in [-0.15, -0.1) is 11.8 Å². The molecule has 4 aromatic carbocycles. The van der Waals surface area contributed by atoms with Crippen LogP contribution in [-0.4, -0.2) is 36.7 Å². The summed E-state index contributed by atoms with van der Waals surface area (Å²) in [6, 6.07) is 30.2. The zero-order valence-corrected chi connectivity index (χ0v) is 24.9. The number of methoxy groups -OCH3 is 1. The quantitative estimate of drug-likeness (QED) is 0.126. The van der Waals surface area contributed by atoms with Crippen LogP contribution in [0.1, 0.15) is 29.8 Å². The fraction of sp³-hybridized carbons (Fsp3) is 0.147. The van der Waals surface area contributed by atoms with Crippen molar-refractivity contribution in [3.8, 4) is 11.5 Å². The molecule has 0 spiro atoms. The molecule has 4 aromatic rings. The van der Waals surface area contributed by atoms with Crippen LogP contribution in [0, 0.1) is 0 Å². The Bertz CT molecular complexity index is 1570. The first kappa shape index (κ1) is 30.9. The Kier molecular flexibility index (Phi) is 11.0. The van der Waals surface area contributed by atoms with Crippen molar-refractivity contribution >= 4 is 46.9 Å². The van der Waals surface area contributed by atoms with Crippen molar-refractivity contribution in [3.63, 3.8) is 0 Å². The monoisotopic (exact) mass is 595 g/mol. The van der Waals surface area contributed by atoms with E-state index in [9.17, 15) is 14.4 Å². The van der Waals surface area contributed by atoms with Gasteiger partial charge in [0.2, 0.25) is 5.91 Å². The maximum Gasteiger partial charge on any atom is 0.272 e. The van der Waals surface area contributed by atoms with E-state index in [1.165, 1.54) is 11.8 Å². The van der Waals surface area contributed by atoms with Crippen molar-refractivity contribution < 1.29 is 23.9 Å². The van der Waals surface area contributed by atoms with Crippen LogP contribution in [0.25, 0.3) is 6.08 Å². The fourth-order valence-electron chi connectivity index (χ4n) is 3.96. The molecule has 0 saturated carbocycles. The molecule has 1 unspecified atom stereocenters. The first-order valence-corrected chi connectivity index (χ1v) is 14.6. The Labute approximate surface area is 255 Å². The number of hydrogen-bond acceptors (Lipinski definition) is 6. The summed E-state index contributed by atoms with van der Waals surface area (Å²) >= 11 is 1.40. The van der Waals surface area contributed by atoms with Gasteiger partial charge in [-0.3, -0.25) is 14.4 Å². The average Bonchev–Trinajstić information content (AvgIpc) is 3.03. The van der Waals surface area contributed by atoms with E-state index in [0.29, 0.717) is 34.9 Å². The average molecular weight is 596 g/mol. The number of anilines is 2. The molecule has 0 aromatic heterocycles. The van der Waals surface area contributed by atoms with Gasteiger partial charge in [-0.25, -0.2) is 0 Å². The molecular weight excluding hydrogens is 562 g/mol. The van der Waals surface area contributed by atoms with Crippen LogP contribution < -0.4 is 25.4 Å². The third-order valence-corrected chi connectivity index (χ3v) is 7.27. The van der Waals surface area contributed by atoms with E-state index < -0.39 is 11.8 Å². The third-order valence-electron chi connectivity index (χ3n) is 6.16. The summed E-state index contributed by atoms with van der Waals surface area (Å²) < 4.78 is 10.7. The number of amides is 3. The highest BCUT2D eigenvalue weighted by Crippen LogP contribution is 2.26. The van der Waals surface area contributed by atoms with Gasteiger partial charge in [-0.2, -0.15) is 0 Å². The van der Waals surface area contributed by atoms with Crippen LogP contribution in [0.5, 0.6) is 11.5 Å². The minimum Gasteiger partial charge on any atom is -0.497 e. The fourth-order valence-corrected chi connectivity index (χ4v) is 4.83. The van der Waals surface area contributed by atoms with E-state index >= 15 is 0 Å². The van der Waals surface area contributed by atoms with Crippen molar-refractivity contribution in [1.82, 2.24) is 5.32 Å². The van der Waals surface area contributed by atoms with Gasteiger partial charge in [0.25, 0.3) is 11.8 Å². The first-order chi connectivity index (χ1) is 20.8. The summed E-state index contributed by atoms with van der Waals surface area (Å²) in [6.45, 7) is 4.32. The zero-order chi connectivity index (χ0) is 30.6. The summed E-state index contributed by atoms with van der Waals surface area (Å²) in [4.78, 5) is 39.8. The van der Waals surface area contributed by atoms with Gasteiger partial charge in [-0.05, 0) is 98.3 Å². The highest BCUT2D eigenvalue weighted by atomic mass is 32.2. The van der Waals surface area contributed by atoms with Gasteiger partial charge >= 0.3 is 0 Å². The topological polar surface area (TPSA) is 106 Å². The molecule has 0 bridgehead atoms. The van der Waals surface area contributed by atoms with Crippen LogP contribution in [0.3, 0.4) is 0 Å². The van der Waals surface area contributed by atoms with Gasteiger partial charge in [0, 0.05) is 21.8 Å². The lowest BCUT2D eigenvalue weighted by molar-refractivity contribution is -0.115. The molecule has 0 aliphatic heterocycles. The Morgan fingerprint density at radius 1 is 0.814 bits per heavy atom. The number of thioether (sulfide) groups is 1. The minimum absolute atomic E-state index is 0.0696. The normalized spacial score (nSPS) is 11.7. The highest BCUT2D eigenvalue weighted by molar-refractivity contribution is 8.00. The van der Waals surface area contributed by atoms with E-state index in [2.05, 4.69) is 16.0 Å². The summed E-state index contributed by atoms with van der Waals surface area (Å²) in [6.07, 6.45) is 1.59. The molecule has 9 heteroatoms. The Morgan fingerprint density at radius 2 is 1.49 bits per heavy atom. The number of ether oxygens (including phenoxy) is 2. The molecule has 0 aliphatic carbocycles. The van der Waals surface area contributed by atoms with Crippen molar-refractivity contribution in [3.05, 3.63) is 120 Å². The summed E-state index contributed by atoms with van der Waals surface area (Å²) in [5.41, 5.74) is 2.40. The zero-order valence-electron chi connectivity index (χ0n) is 24.1. The number of rotatable bonds is 12. The molecule has 1 atom stereocenters. The lowest BCUT2D eigenvalue weighted by Crippen LogP contribution is -2.30. The molecule has 4 rings (SSSR count). The molecule has 3 amide bonds. The molecule has 0 radical (unpaired) electrons. The Balaban J connectivity index is 1.41. The maximum atomic E-state index is 13.3. The van der Waals surface area contributed by atoms with Gasteiger partial charge in [0.05, 0.1) is 19.0 Å². The van der Waals surface area contributed by atoms with Crippen molar-refractivity contribution in [2.24, 2.45) is 0 Å². The number of benzene rings is 4. The number of nitrogens with one attached hydrogen (secondary N) is 3. The molecular formula is C34H33N3O5S. The molecule has 3 N–H and O–H groups in total. The number of hydrogen-bond donors (Lipinski definition) is 3. The largest absolute Gasteiger partial charge is 0.497 e. The molecule has 0 heterocycles. The van der Waals surface area contributed by atoms with Gasteiger partial charge in [-0.1, -0.05) is 30.3 Å². The van der Waals surface area contributed by atoms with E-state index in [4.69, 9.17) is 9.47 Å². The van der Waals surface area contributed by atoms with E-state index in [1.54, 1.807) is 79.9 Å². The molecule has 43 heavy (non-hydrogen) atoms. The standard InChI is InChI=1S/C34H33N3O5S/c1-4-42-28-17-13-26(14-18-28)35-32(38)23(2)43-30-19-15-27(16-20-30)36-34(40)31(22-24-9-8-12-29(21-24)41-3)37-33(39)25-10-6-5-7-11-25/h5-23H,4H2,1-3H3,(H,35,38)(H,36,40)(H,37,39)/b31-22-. The van der Waals surface area contributed by atoms with Crippen LogP contribution in [-0.2, 0) is 9.59 Å². The maximum absolute atomic E-state index is 13.3. The molecule has 8 nitrogen and oxygen atoms in total. The van der Waals surface area contributed by atoms with Crippen molar-refractivity contribution in [2.75, 3.05) is 24.4 Å². The summed E-state index contributed by atoms with van der Waals surface area (Å²) in [5.74, 6) is 0.340. The van der Waals surface area contributed by atoms with E-state index in [1.807, 2.05) is 50.2 Å². The number of carbonyl (C=O) groups excluding carboxylic acids is 3. The molecule has 0 saturated heterocycles. The second kappa shape index (κ2) is 15.3. The van der Waals surface area contributed by atoms with Crippen LogP contribution in [0.15, 0.2) is 114 Å². The predicted octanol–water partition coefficient (Wildman–Crippen LogP) is 6.62. The van der Waals surface area contributed by atoms with Crippen molar-refractivity contribution in [2.45, 2.75) is 24.0 Å². The van der Waals surface area contributed by atoms with Crippen LogP contribution in [0.4, 0.5) is 11.4 Å². The Hall–Kier alpha value is -5.02. The van der Waals surface area contributed by atoms with E-state index in [0.717, 1.165) is 10.6 Å². The predicted molar refractivity (Wildman–Crippen MR) is 172 cm³/mol. The minimum atomic E-state index is -0.490. The smallest absolute Gasteiger partial charge is 0.272 e. The van der Waals surface area contributed by atoms with Crippen LogP contribution >= 0.6 is 11.8 Å². The van der Waals surface area contributed by atoms with E-state index in [-0.39, 0.29) is 16.9 Å². The lowest BCUT2D eigenvalue weighted by Gasteiger charge is -2.14. The highest BCUT2D eigenvalue weighted by Gasteiger charge is 2.17. The van der Waals surface area contributed by atoms with Gasteiger partial charge in [0.15, 0.2) is 0 Å². The lowest BCUT2D eigenvalue weighted by atomic mass is 10.1. The van der Waals surface area contributed by atoms with Crippen molar-refractivity contribution in [1.29, 1.82) is 0 Å². The Morgan fingerprint density at radius 3 is 2.16 bits per heavy atom. The molecule has 0 aliphatic rings. The number of carbonyl (C=O) groups is 3. The SMILES string of the molecule is CCOc1ccc(NC(=O)C(C)Sc2ccc(NC(=O)/C(=C/c3cccc(OC)c3)NC(=O)c3ccccc3)cc2)cc1. The second-order valence-corrected chi connectivity index (χ2v) is 10.8. The van der Waals surface area contributed by atoms with Gasteiger partial charge < -0.3 is 25.4 Å². The third kappa shape index (κ3) is 9.24. The first-order valence-electron chi connectivity index (χ1n) is 13.7. The molecule has 220 valence electrons.